The summed E-state index contributed by atoms with van der Waals surface area (Å²) in [6.45, 7) is 3.32. The molecule has 1 aromatic carbocycles. The van der Waals surface area contributed by atoms with E-state index in [-0.39, 0.29) is 17.5 Å². The Balaban J connectivity index is 2.36. The number of hydrogen-bond donors (Lipinski definition) is 0. The van der Waals surface area contributed by atoms with Crippen LogP contribution < -0.4 is 4.74 Å². The molecule has 2 rings (SSSR count). The summed E-state index contributed by atoms with van der Waals surface area (Å²) in [5.74, 6) is -0.832. The lowest BCUT2D eigenvalue weighted by molar-refractivity contribution is -0.141. The number of ether oxygens (including phenoxy) is 1. The van der Waals surface area contributed by atoms with Crippen LogP contribution >= 0.6 is 0 Å². The first-order valence-corrected chi connectivity index (χ1v) is 5.40. The molecule has 2 aromatic rings. The minimum atomic E-state index is -4.62. The Morgan fingerprint density at radius 1 is 1.10 bits per heavy atom. The van der Waals surface area contributed by atoms with Gasteiger partial charge in [-0.3, -0.25) is 0 Å². The average Bonchev–Trinajstić information content (AvgIpc) is 2.40. The third kappa shape index (κ3) is 3.31. The summed E-state index contributed by atoms with van der Waals surface area (Å²) in [7, 11) is 0. The lowest BCUT2D eigenvalue weighted by Crippen LogP contribution is -2.10. The van der Waals surface area contributed by atoms with E-state index in [2.05, 4.69) is 16.5 Å². The molecular formula is C13H8F4N2O. The van der Waals surface area contributed by atoms with Crippen molar-refractivity contribution >= 4 is 6.08 Å². The molecule has 0 saturated heterocycles. The molecule has 0 spiro atoms. The highest BCUT2D eigenvalue weighted by atomic mass is 19.4. The first-order valence-electron chi connectivity index (χ1n) is 5.40. The van der Waals surface area contributed by atoms with Gasteiger partial charge in [-0.1, -0.05) is 6.58 Å². The highest BCUT2D eigenvalue weighted by molar-refractivity contribution is 5.39. The van der Waals surface area contributed by atoms with Gasteiger partial charge in [0.2, 0.25) is 5.88 Å². The highest BCUT2D eigenvalue weighted by Gasteiger charge is 2.33. The van der Waals surface area contributed by atoms with Gasteiger partial charge in [-0.05, 0) is 30.3 Å². The number of hydrogen-bond acceptors (Lipinski definition) is 3. The zero-order valence-corrected chi connectivity index (χ0v) is 9.99. The van der Waals surface area contributed by atoms with Gasteiger partial charge in [0, 0.05) is 6.07 Å². The Morgan fingerprint density at radius 2 is 1.75 bits per heavy atom. The smallest absolute Gasteiger partial charge is 0.433 e. The average molecular weight is 284 g/mol. The highest BCUT2D eigenvalue weighted by Crippen LogP contribution is 2.30. The molecular weight excluding hydrogens is 276 g/mol. The maximum atomic E-state index is 12.7. The molecule has 0 aliphatic rings. The number of aromatic nitrogens is 2. The number of alkyl halides is 3. The molecule has 7 heteroatoms. The number of rotatable bonds is 3. The van der Waals surface area contributed by atoms with E-state index in [0.717, 1.165) is 18.2 Å². The third-order valence-electron chi connectivity index (χ3n) is 2.23. The quantitative estimate of drug-likeness (QED) is 0.797. The normalized spacial score (nSPS) is 11.2. The van der Waals surface area contributed by atoms with E-state index < -0.39 is 17.7 Å². The summed E-state index contributed by atoms with van der Waals surface area (Å²) in [5.41, 5.74) is -1.14. The van der Waals surface area contributed by atoms with E-state index in [1.807, 2.05) is 0 Å². The van der Waals surface area contributed by atoms with Crippen molar-refractivity contribution in [2.45, 2.75) is 6.18 Å². The molecule has 1 heterocycles. The van der Waals surface area contributed by atoms with E-state index in [1.54, 1.807) is 0 Å². The van der Waals surface area contributed by atoms with Crippen molar-refractivity contribution in [1.82, 2.24) is 9.97 Å². The second-order valence-electron chi connectivity index (χ2n) is 3.71. The van der Waals surface area contributed by atoms with Crippen LogP contribution in [0.4, 0.5) is 17.6 Å². The first kappa shape index (κ1) is 14.0. The minimum Gasteiger partial charge on any atom is -0.439 e. The molecule has 0 fully saturated rings. The van der Waals surface area contributed by atoms with Gasteiger partial charge in [-0.15, -0.1) is 0 Å². The van der Waals surface area contributed by atoms with Crippen LogP contribution in [0.1, 0.15) is 11.5 Å². The summed E-state index contributed by atoms with van der Waals surface area (Å²) in [5, 5.41) is 0. The summed E-state index contributed by atoms with van der Waals surface area (Å²) >= 11 is 0. The standard InChI is InChI=1S/C13H8F4N2O/c1-2-11-18-10(13(15,16)17)7-12(19-11)20-9-5-3-8(14)4-6-9/h2-7H,1H2. The third-order valence-corrected chi connectivity index (χ3v) is 2.23. The molecule has 0 amide bonds. The van der Waals surface area contributed by atoms with E-state index in [1.165, 1.54) is 12.1 Å². The topological polar surface area (TPSA) is 35.0 Å². The molecule has 0 saturated carbocycles. The van der Waals surface area contributed by atoms with Crippen LogP contribution in [0.15, 0.2) is 36.9 Å². The Bertz CT molecular complexity index is 623. The second-order valence-corrected chi connectivity index (χ2v) is 3.71. The summed E-state index contributed by atoms with van der Waals surface area (Å²) in [4.78, 5) is 7.02. The maximum Gasteiger partial charge on any atom is 0.433 e. The Hall–Kier alpha value is -2.44. The van der Waals surface area contributed by atoms with Crippen molar-refractivity contribution in [3.63, 3.8) is 0 Å². The Labute approximate surface area is 111 Å². The van der Waals surface area contributed by atoms with Gasteiger partial charge in [-0.25, -0.2) is 9.37 Å². The monoisotopic (exact) mass is 284 g/mol. The molecule has 0 unspecified atom stereocenters. The zero-order chi connectivity index (χ0) is 14.8. The first-order chi connectivity index (χ1) is 9.38. The van der Waals surface area contributed by atoms with Crippen LogP contribution in [0, 0.1) is 5.82 Å². The molecule has 3 nitrogen and oxygen atoms in total. The van der Waals surface area contributed by atoms with Crippen LogP contribution in [-0.4, -0.2) is 9.97 Å². The van der Waals surface area contributed by atoms with Gasteiger partial charge in [0.1, 0.15) is 11.6 Å². The van der Waals surface area contributed by atoms with E-state index in [0.29, 0.717) is 6.07 Å². The summed E-state index contributed by atoms with van der Waals surface area (Å²) < 4.78 is 55.8. The molecule has 0 aliphatic heterocycles. The number of nitrogens with zero attached hydrogens (tertiary/aromatic N) is 2. The van der Waals surface area contributed by atoms with Gasteiger partial charge >= 0.3 is 6.18 Å². The molecule has 1 aromatic heterocycles. The van der Waals surface area contributed by atoms with Crippen molar-refractivity contribution in [1.29, 1.82) is 0 Å². The molecule has 0 atom stereocenters. The van der Waals surface area contributed by atoms with E-state index >= 15 is 0 Å². The van der Waals surface area contributed by atoms with Gasteiger partial charge in [0.25, 0.3) is 0 Å². The van der Waals surface area contributed by atoms with Gasteiger partial charge < -0.3 is 4.74 Å². The van der Waals surface area contributed by atoms with Crippen molar-refractivity contribution in [3.8, 4) is 11.6 Å². The van der Waals surface area contributed by atoms with Gasteiger partial charge in [-0.2, -0.15) is 18.2 Å². The van der Waals surface area contributed by atoms with E-state index in [4.69, 9.17) is 4.74 Å². The van der Waals surface area contributed by atoms with Crippen LogP contribution in [0.25, 0.3) is 6.08 Å². The minimum absolute atomic E-state index is 0.160. The van der Waals surface area contributed by atoms with Gasteiger partial charge in [0.15, 0.2) is 11.5 Å². The van der Waals surface area contributed by atoms with Crippen LogP contribution in [0.3, 0.4) is 0 Å². The fourth-order valence-electron chi connectivity index (χ4n) is 1.35. The second kappa shape index (κ2) is 5.28. The fraction of sp³-hybridized carbons (Fsp3) is 0.0769. The fourth-order valence-corrected chi connectivity index (χ4v) is 1.35. The predicted octanol–water partition coefficient (Wildman–Crippen LogP) is 4.07. The zero-order valence-electron chi connectivity index (χ0n) is 9.99. The van der Waals surface area contributed by atoms with Crippen LogP contribution in [0.2, 0.25) is 0 Å². The molecule has 0 aliphatic carbocycles. The molecule has 0 radical (unpaired) electrons. The van der Waals surface area contributed by atoms with E-state index in [9.17, 15) is 17.6 Å². The summed E-state index contributed by atoms with van der Waals surface area (Å²) in [6, 6.07) is 5.46. The number of halogens is 4. The Kier molecular flexibility index (Phi) is 3.69. The maximum absolute atomic E-state index is 12.7. The lowest BCUT2D eigenvalue weighted by atomic mass is 10.3. The SMILES string of the molecule is C=Cc1nc(Oc2ccc(F)cc2)cc(C(F)(F)F)n1. The van der Waals surface area contributed by atoms with Crippen molar-refractivity contribution in [2.24, 2.45) is 0 Å². The molecule has 20 heavy (non-hydrogen) atoms. The lowest BCUT2D eigenvalue weighted by Gasteiger charge is -2.09. The summed E-state index contributed by atoms with van der Waals surface area (Å²) in [6.07, 6.45) is -3.55. The van der Waals surface area contributed by atoms with Crippen LogP contribution in [0.5, 0.6) is 11.6 Å². The predicted molar refractivity (Wildman–Crippen MR) is 63.6 cm³/mol. The largest absolute Gasteiger partial charge is 0.439 e. The van der Waals surface area contributed by atoms with Crippen molar-refractivity contribution in [2.75, 3.05) is 0 Å². The number of benzene rings is 1. The van der Waals surface area contributed by atoms with Crippen LogP contribution in [-0.2, 0) is 6.18 Å². The molecule has 0 bridgehead atoms. The molecule has 0 N–H and O–H groups in total. The van der Waals surface area contributed by atoms with Crippen molar-refractivity contribution in [3.05, 3.63) is 54.2 Å². The Morgan fingerprint density at radius 3 is 2.30 bits per heavy atom. The van der Waals surface area contributed by atoms with Gasteiger partial charge in [0.05, 0.1) is 0 Å². The molecule has 104 valence electrons. The van der Waals surface area contributed by atoms with Crippen molar-refractivity contribution < 1.29 is 22.3 Å².